The van der Waals surface area contributed by atoms with E-state index >= 15 is 0 Å². The van der Waals surface area contributed by atoms with Crippen LogP contribution in [0.4, 0.5) is 10.5 Å². The Morgan fingerprint density at radius 1 is 0.970 bits per heavy atom. The Morgan fingerprint density at radius 2 is 1.61 bits per heavy atom. The topological polar surface area (TPSA) is 79.3 Å². The zero-order valence-electron chi connectivity index (χ0n) is 20.1. The zero-order valence-corrected chi connectivity index (χ0v) is 20.1. The van der Waals surface area contributed by atoms with Crippen LogP contribution < -0.4 is 10.6 Å². The summed E-state index contributed by atoms with van der Waals surface area (Å²) in [6, 6.07) is 13.9. The predicted molar refractivity (Wildman–Crippen MR) is 130 cm³/mol. The van der Waals surface area contributed by atoms with E-state index in [1.165, 1.54) is 6.92 Å². The lowest BCUT2D eigenvalue weighted by molar-refractivity contribution is -0.114. The van der Waals surface area contributed by atoms with Crippen molar-refractivity contribution < 1.29 is 9.59 Å². The van der Waals surface area contributed by atoms with Gasteiger partial charge in [-0.3, -0.25) is 4.79 Å². The summed E-state index contributed by atoms with van der Waals surface area (Å²) in [7, 11) is 0. The van der Waals surface area contributed by atoms with Crippen LogP contribution in [0.15, 0.2) is 42.5 Å². The van der Waals surface area contributed by atoms with E-state index in [0.29, 0.717) is 13.1 Å². The standard InChI is InChI=1S/C26H31N5O2/c1-16-8-7-9-17(2)23(16)31-24(19-10-12-20(13-11-19)27-18(3)32)21-14-30(15-22(21)29-31)25(33)28-26(4,5)6/h7-13H,14-15H2,1-6H3,(H,27,32)(H,28,33). The third kappa shape index (κ3) is 4.62. The first-order chi connectivity index (χ1) is 15.5. The van der Waals surface area contributed by atoms with Crippen LogP contribution in [0.3, 0.4) is 0 Å². The minimum atomic E-state index is -0.308. The average molecular weight is 446 g/mol. The number of para-hydroxylation sites is 1. The molecule has 0 spiro atoms. The summed E-state index contributed by atoms with van der Waals surface area (Å²) in [4.78, 5) is 26.0. The number of fused-ring (bicyclic) bond motifs is 1. The van der Waals surface area contributed by atoms with Gasteiger partial charge in [0.1, 0.15) is 0 Å². The lowest BCUT2D eigenvalue weighted by atomic mass is 10.0. The van der Waals surface area contributed by atoms with Gasteiger partial charge >= 0.3 is 6.03 Å². The van der Waals surface area contributed by atoms with Gasteiger partial charge in [-0.1, -0.05) is 30.3 Å². The van der Waals surface area contributed by atoms with E-state index in [1.54, 1.807) is 4.90 Å². The van der Waals surface area contributed by atoms with Crippen molar-refractivity contribution in [3.8, 4) is 16.9 Å². The fourth-order valence-electron chi connectivity index (χ4n) is 4.27. The number of hydrogen-bond acceptors (Lipinski definition) is 3. The van der Waals surface area contributed by atoms with E-state index in [2.05, 4.69) is 36.6 Å². The van der Waals surface area contributed by atoms with Gasteiger partial charge in [0.2, 0.25) is 5.91 Å². The van der Waals surface area contributed by atoms with Gasteiger partial charge in [0, 0.05) is 29.3 Å². The molecule has 0 saturated carbocycles. The van der Waals surface area contributed by atoms with Gasteiger partial charge in [-0.2, -0.15) is 5.10 Å². The highest BCUT2D eigenvalue weighted by Gasteiger charge is 2.32. The molecular weight excluding hydrogens is 414 g/mol. The van der Waals surface area contributed by atoms with Gasteiger partial charge < -0.3 is 15.5 Å². The molecule has 2 heterocycles. The Kier molecular flexibility index (Phi) is 5.74. The van der Waals surface area contributed by atoms with E-state index in [1.807, 2.05) is 55.8 Å². The lowest BCUT2D eigenvalue weighted by Crippen LogP contribution is -2.46. The minimum absolute atomic E-state index is 0.0916. The Bertz CT molecular complexity index is 1200. The molecule has 0 saturated heterocycles. The van der Waals surface area contributed by atoms with E-state index in [9.17, 15) is 9.59 Å². The van der Waals surface area contributed by atoms with Gasteiger partial charge in [-0.25, -0.2) is 9.48 Å². The first-order valence-electron chi connectivity index (χ1n) is 11.2. The van der Waals surface area contributed by atoms with Crippen LogP contribution in [0, 0.1) is 13.8 Å². The Hall–Kier alpha value is -3.61. The summed E-state index contributed by atoms with van der Waals surface area (Å²) < 4.78 is 2.02. The third-order valence-electron chi connectivity index (χ3n) is 5.66. The molecule has 2 N–H and O–H groups in total. The SMILES string of the molecule is CC(=O)Nc1ccc(-c2c3c(nn2-c2c(C)cccc2C)CN(C(=O)NC(C)(C)C)C3)cc1. The van der Waals surface area contributed by atoms with Gasteiger partial charge in [0.05, 0.1) is 30.2 Å². The second-order valence-electron chi connectivity index (χ2n) is 9.72. The highest BCUT2D eigenvalue weighted by molar-refractivity contribution is 5.89. The van der Waals surface area contributed by atoms with Crippen LogP contribution in [0.2, 0.25) is 0 Å². The zero-order chi connectivity index (χ0) is 23.9. The predicted octanol–water partition coefficient (Wildman–Crippen LogP) is 4.94. The van der Waals surface area contributed by atoms with Crippen molar-refractivity contribution in [1.29, 1.82) is 0 Å². The molecule has 7 nitrogen and oxygen atoms in total. The van der Waals surface area contributed by atoms with Gasteiger partial charge in [0.25, 0.3) is 0 Å². The highest BCUT2D eigenvalue weighted by atomic mass is 16.2. The van der Waals surface area contributed by atoms with Crippen molar-refractivity contribution >= 4 is 17.6 Å². The maximum absolute atomic E-state index is 12.8. The normalized spacial score (nSPS) is 13.1. The molecule has 2 aromatic carbocycles. The van der Waals surface area contributed by atoms with Crippen LogP contribution in [0.25, 0.3) is 16.9 Å². The Balaban J connectivity index is 1.79. The van der Waals surface area contributed by atoms with E-state index in [-0.39, 0.29) is 17.5 Å². The molecule has 1 aliphatic rings. The number of benzene rings is 2. The number of aromatic nitrogens is 2. The molecule has 1 aliphatic heterocycles. The van der Waals surface area contributed by atoms with E-state index in [4.69, 9.17) is 5.10 Å². The second kappa shape index (κ2) is 8.39. The fourth-order valence-corrected chi connectivity index (χ4v) is 4.27. The minimum Gasteiger partial charge on any atom is -0.333 e. The van der Waals surface area contributed by atoms with Crippen molar-refractivity contribution in [2.75, 3.05) is 5.32 Å². The number of nitrogens with one attached hydrogen (secondary N) is 2. The van der Waals surface area contributed by atoms with Gasteiger partial charge in [0.15, 0.2) is 0 Å². The quantitative estimate of drug-likeness (QED) is 0.599. The van der Waals surface area contributed by atoms with Gasteiger partial charge in [-0.15, -0.1) is 0 Å². The number of amides is 3. The highest BCUT2D eigenvalue weighted by Crippen LogP contribution is 2.36. The number of urea groups is 1. The first-order valence-corrected chi connectivity index (χ1v) is 11.2. The molecule has 33 heavy (non-hydrogen) atoms. The molecular formula is C26H31N5O2. The molecule has 172 valence electrons. The lowest BCUT2D eigenvalue weighted by Gasteiger charge is -2.25. The molecule has 0 bridgehead atoms. The van der Waals surface area contributed by atoms with E-state index in [0.717, 1.165) is 45.0 Å². The van der Waals surface area contributed by atoms with Crippen LogP contribution in [0.1, 0.15) is 50.1 Å². The van der Waals surface area contributed by atoms with Crippen molar-refractivity contribution in [3.05, 3.63) is 64.8 Å². The number of rotatable bonds is 3. The monoisotopic (exact) mass is 445 g/mol. The summed E-state index contributed by atoms with van der Waals surface area (Å²) >= 11 is 0. The molecule has 1 aromatic heterocycles. The van der Waals surface area contributed by atoms with Crippen molar-refractivity contribution in [3.63, 3.8) is 0 Å². The summed E-state index contributed by atoms with van der Waals surface area (Å²) in [6.45, 7) is 12.5. The fraction of sp³-hybridized carbons (Fsp3) is 0.346. The number of carbonyl (C=O) groups is 2. The van der Waals surface area contributed by atoms with Crippen LogP contribution in [0.5, 0.6) is 0 Å². The van der Waals surface area contributed by atoms with Gasteiger partial charge in [-0.05, 0) is 57.9 Å². The van der Waals surface area contributed by atoms with Crippen LogP contribution in [-0.2, 0) is 17.9 Å². The summed E-state index contributed by atoms with van der Waals surface area (Å²) in [5, 5.41) is 10.8. The number of nitrogens with zero attached hydrogens (tertiary/aromatic N) is 3. The smallest absolute Gasteiger partial charge is 0.318 e. The first kappa shape index (κ1) is 22.6. The number of carbonyl (C=O) groups excluding carboxylic acids is 2. The number of anilines is 1. The number of hydrogen-bond donors (Lipinski definition) is 2. The summed E-state index contributed by atoms with van der Waals surface area (Å²) in [6.07, 6.45) is 0. The molecule has 3 aromatic rings. The third-order valence-corrected chi connectivity index (χ3v) is 5.66. The maximum atomic E-state index is 12.8. The van der Waals surface area contributed by atoms with Crippen LogP contribution in [-0.4, -0.2) is 32.2 Å². The molecule has 4 rings (SSSR count). The summed E-state index contributed by atoms with van der Waals surface area (Å²) in [5.41, 5.74) is 7.67. The van der Waals surface area contributed by atoms with Crippen molar-refractivity contribution in [1.82, 2.24) is 20.0 Å². The Morgan fingerprint density at radius 3 is 2.18 bits per heavy atom. The molecule has 0 unspecified atom stereocenters. The largest absolute Gasteiger partial charge is 0.333 e. The van der Waals surface area contributed by atoms with E-state index < -0.39 is 0 Å². The van der Waals surface area contributed by atoms with Crippen LogP contribution >= 0.6 is 0 Å². The molecule has 0 aliphatic carbocycles. The summed E-state index contributed by atoms with van der Waals surface area (Å²) in [5.74, 6) is -0.107. The molecule has 3 amide bonds. The van der Waals surface area contributed by atoms with Crippen molar-refractivity contribution in [2.24, 2.45) is 0 Å². The molecule has 7 heteroatoms. The number of aryl methyl sites for hydroxylation is 2. The van der Waals surface area contributed by atoms with Crippen molar-refractivity contribution in [2.45, 2.75) is 60.2 Å². The molecule has 0 radical (unpaired) electrons. The Labute approximate surface area is 194 Å². The molecule has 0 atom stereocenters. The molecule has 0 fully saturated rings. The average Bonchev–Trinajstić information content (AvgIpc) is 3.25. The second-order valence-corrected chi connectivity index (χ2v) is 9.72. The maximum Gasteiger partial charge on any atom is 0.318 e.